The van der Waals surface area contributed by atoms with E-state index in [1.54, 1.807) is 4.57 Å². The van der Waals surface area contributed by atoms with Crippen LogP contribution in [0.1, 0.15) is 43.2 Å². The lowest BCUT2D eigenvalue weighted by molar-refractivity contribution is -0.0511. The average Bonchev–Trinajstić information content (AvgIpc) is 3.36. The van der Waals surface area contributed by atoms with Crippen LogP contribution in [0.4, 0.5) is 5.82 Å². The minimum Gasteiger partial charge on any atom is -0.494 e. The van der Waals surface area contributed by atoms with E-state index in [-0.39, 0.29) is 6.04 Å². The second kappa shape index (κ2) is 8.62. The van der Waals surface area contributed by atoms with Gasteiger partial charge in [-0.25, -0.2) is 15.0 Å². The number of fused-ring (bicyclic) bond motifs is 2. The summed E-state index contributed by atoms with van der Waals surface area (Å²) in [5, 5.41) is 33.4. The molecule has 0 radical (unpaired) electrons. The van der Waals surface area contributed by atoms with E-state index < -0.39 is 31.1 Å². The van der Waals surface area contributed by atoms with Crippen molar-refractivity contribution in [1.82, 2.24) is 19.5 Å². The molecule has 3 heterocycles. The molecule has 2 aromatic heterocycles. The number of aryl methyl sites for hydroxylation is 1. The normalized spacial score (nSPS) is 27.4. The van der Waals surface area contributed by atoms with E-state index in [9.17, 15) is 15.3 Å². The fraction of sp³-hybridized carbons (Fsp3) is 0.500. The summed E-state index contributed by atoms with van der Waals surface area (Å²) in [7, 11) is 0. The molecule has 1 unspecified atom stereocenters. The highest BCUT2D eigenvalue weighted by Gasteiger charge is 2.44. The fourth-order valence-corrected chi connectivity index (χ4v) is 4.60. The van der Waals surface area contributed by atoms with Crippen LogP contribution in [0.5, 0.6) is 5.75 Å². The van der Waals surface area contributed by atoms with Crippen molar-refractivity contribution in [2.45, 2.75) is 56.8 Å². The first kappa shape index (κ1) is 21.1. The van der Waals surface area contributed by atoms with Crippen LogP contribution >= 0.6 is 0 Å². The Hall–Kier alpha value is -2.79. The molecule has 1 fully saturated rings. The summed E-state index contributed by atoms with van der Waals surface area (Å²) in [6, 6.07) is 6.28. The second-order valence-corrected chi connectivity index (χ2v) is 8.16. The van der Waals surface area contributed by atoms with Crippen molar-refractivity contribution in [3.05, 3.63) is 42.0 Å². The van der Waals surface area contributed by atoms with Crippen LogP contribution in [0, 0.1) is 0 Å². The summed E-state index contributed by atoms with van der Waals surface area (Å²) in [6.07, 6.45) is 1.80. The number of hydrogen-bond acceptors (Lipinski definition) is 9. The van der Waals surface area contributed by atoms with Crippen molar-refractivity contribution < 1.29 is 24.8 Å². The van der Waals surface area contributed by atoms with Crippen molar-refractivity contribution in [2.75, 3.05) is 18.5 Å². The Kier molecular flexibility index (Phi) is 5.68. The average molecular weight is 441 g/mol. The molecular formula is C22H27N5O5. The van der Waals surface area contributed by atoms with E-state index in [1.807, 2.05) is 13.0 Å². The number of rotatable bonds is 6. The zero-order chi connectivity index (χ0) is 22.2. The van der Waals surface area contributed by atoms with Crippen LogP contribution in [-0.2, 0) is 11.2 Å². The molecular weight excluding hydrogens is 414 g/mol. The van der Waals surface area contributed by atoms with Crippen LogP contribution in [0.25, 0.3) is 11.2 Å². The van der Waals surface area contributed by atoms with Crippen LogP contribution < -0.4 is 10.1 Å². The zero-order valence-corrected chi connectivity index (χ0v) is 17.8. The van der Waals surface area contributed by atoms with Gasteiger partial charge < -0.3 is 30.1 Å². The number of ether oxygens (including phenoxy) is 2. The number of aromatic nitrogens is 4. The molecule has 4 N–H and O–H groups in total. The van der Waals surface area contributed by atoms with Gasteiger partial charge in [-0.3, -0.25) is 4.57 Å². The summed E-state index contributed by atoms with van der Waals surface area (Å²) < 4.78 is 12.9. The van der Waals surface area contributed by atoms with Gasteiger partial charge in [0.05, 0.1) is 25.6 Å². The third-order valence-electron chi connectivity index (χ3n) is 6.20. The first-order valence-corrected chi connectivity index (χ1v) is 10.9. The summed E-state index contributed by atoms with van der Waals surface area (Å²) in [6.45, 7) is 2.19. The highest BCUT2D eigenvalue weighted by Crippen LogP contribution is 2.36. The van der Waals surface area contributed by atoms with Crippen molar-refractivity contribution in [1.29, 1.82) is 0 Å². The summed E-state index contributed by atoms with van der Waals surface area (Å²) in [5.74, 6) is 1.43. The molecule has 32 heavy (non-hydrogen) atoms. The molecule has 5 atom stereocenters. The third-order valence-corrected chi connectivity index (χ3v) is 6.20. The van der Waals surface area contributed by atoms with Crippen molar-refractivity contribution >= 4 is 17.0 Å². The molecule has 2 aliphatic rings. The van der Waals surface area contributed by atoms with Crippen LogP contribution in [0.15, 0.2) is 30.9 Å². The van der Waals surface area contributed by atoms with Crippen molar-refractivity contribution in [3.63, 3.8) is 0 Å². The largest absolute Gasteiger partial charge is 0.494 e. The smallest absolute Gasteiger partial charge is 0.167 e. The monoisotopic (exact) mass is 441 g/mol. The number of aliphatic hydroxyl groups excluding tert-OH is 3. The minimum atomic E-state index is -1.21. The van der Waals surface area contributed by atoms with Crippen LogP contribution in [0.3, 0.4) is 0 Å². The van der Waals surface area contributed by atoms with E-state index in [0.29, 0.717) is 23.6 Å². The number of benzene rings is 1. The lowest BCUT2D eigenvalue weighted by atomic mass is 9.87. The second-order valence-electron chi connectivity index (χ2n) is 8.16. The predicted octanol–water partition coefficient (Wildman–Crippen LogP) is 1.33. The van der Waals surface area contributed by atoms with Crippen LogP contribution in [0.2, 0.25) is 0 Å². The molecule has 0 bridgehead atoms. The molecule has 1 aliphatic carbocycles. The minimum absolute atomic E-state index is 0.0521. The molecule has 0 saturated carbocycles. The molecule has 10 nitrogen and oxygen atoms in total. The Morgan fingerprint density at radius 2 is 2.09 bits per heavy atom. The lowest BCUT2D eigenvalue weighted by Gasteiger charge is -2.27. The van der Waals surface area contributed by atoms with E-state index in [0.717, 1.165) is 25.0 Å². The lowest BCUT2D eigenvalue weighted by Crippen LogP contribution is -2.33. The number of anilines is 1. The number of imidazole rings is 1. The quantitative estimate of drug-likeness (QED) is 0.447. The zero-order valence-electron chi connectivity index (χ0n) is 17.8. The van der Waals surface area contributed by atoms with E-state index in [1.165, 1.54) is 23.8 Å². The summed E-state index contributed by atoms with van der Waals surface area (Å²) >= 11 is 0. The standard InChI is InChI=1S/C22H27N5O5/c1-2-31-13-7-6-12-4-3-5-15(14(12)8-13)26-20-17-21(24-10-23-20)27(11-25-17)22-19(30)18(29)16(9-28)32-22/h6-8,10-11,15-16,18-19,22,28-30H,2-5,9H2,1H3,(H,23,24,26)/t15?,16-,18-,19-,22-/m1/s1. The SMILES string of the molecule is CCOc1ccc2c(c1)C(Nc1ncnc3c1ncn3[C@@H]1O[C@H](CO)[C@@H](O)[C@H]1O)CCC2. The summed E-state index contributed by atoms with van der Waals surface area (Å²) in [4.78, 5) is 13.2. The van der Waals surface area contributed by atoms with Gasteiger partial charge in [-0.1, -0.05) is 6.07 Å². The molecule has 170 valence electrons. The Morgan fingerprint density at radius 3 is 2.88 bits per heavy atom. The number of hydrogen-bond donors (Lipinski definition) is 4. The maximum Gasteiger partial charge on any atom is 0.167 e. The van der Waals surface area contributed by atoms with Crippen molar-refractivity contribution in [3.8, 4) is 5.75 Å². The molecule has 3 aromatic rings. The Balaban J connectivity index is 1.46. The van der Waals surface area contributed by atoms with Gasteiger partial charge in [0.15, 0.2) is 23.2 Å². The van der Waals surface area contributed by atoms with E-state index in [2.05, 4.69) is 32.4 Å². The Bertz CT molecular complexity index is 1110. The van der Waals surface area contributed by atoms with E-state index in [4.69, 9.17) is 9.47 Å². The molecule has 0 amide bonds. The van der Waals surface area contributed by atoms with Gasteiger partial charge in [0.25, 0.3) is 0 Å². The van der Waals surface area contributed by atoms with Crippen molar-refractivity contribution in [2.24, 2.45) is 0 Å². The molecule has 1 saturated heterocycles. The topological polar surface area (TPSA) is 135 Å². The van der Waals surface area contributed by atoms with Gasteiger partial charge in [0.2, 0.25) is 0 Å². The maximum absolute atomic E-state index is 10.4. The van der Waals surface area contributed by atoms with Gasteiger partial charge in [-0.2, -0.15) is 0 Å². The molecule has 10 heteroatoms. The van der Waals surface area contributed by atoms with E-state index >= 15 is 0 Å². The Morgan fingerprint density at radius 1 is 1.22 bits per heavy atom. The van der Waals surface area contributed by atoms with Gasteiger partial charge in [0, 0.05) is 0 Å². The predicted molar refractivity (Wildman–Crippen MR) is 115 cm³/mol. The third kappa shape index (κ3) is 3.58. The van der Waals surface area contributed by atoms with Crippen LogP contribution in [-0.4, -0.2) is 66.4 Å². The molecule has 0 spiro atoms. The summed E-state index contributed by atoms with van der Waals surface area (Å²) in [5.41, 5.74) is 3.49. The van der Waals surface area contributed by atoms with Gasteiger partial charge in [0.1, 0.15) is 30.4 Å². The molecule has 1 aromatic carbocycles. The molecule has 1 aliphatic heterocycles. The highest BCUT2D eigenvalue weighted by atomic mass is 16.6. The maximum atomic E-state index is 10.4. The number of nitrogens with one attached hydrogen (secondary N) is 1. The van der Waals surface area contributed by atoms with Gasteiger partial charge in [-0.05, 0) is 49.4 Å². The van der Waals surface area contributed by atoms with Gasteiger partial charge in [-0.15, -0.1) is 0 Å². The number of aliphatic hydroxyl groups is 3. The molecule has 5 rings (SSSR count). The first-order valence-electron chi connectivity index (χ1n) is 10.9. The number of nitrogens with zero attached hydrogens (tertiary/aromatic N) is 4. The first-order chi connectivity index (χ1) is 15.6. The highest BCUT2D eigenvalue weighted by molar-refractivity contribution is 5.83. The van der Waals surface area contributed by atoms with Gasteiger partial charge >= 0.3 is 0 Å². The fourth-order valence-electron chi connectivity index (χ4n) is 4.60. The Labute approximate surface area is 184 Å².